The zero-order valence-corrected chi connectivity index (χ0v) is 35.0. The average molecular weight is 769 g/mol. The highest BCUT2D eigenvalue weighted by Gasteiger charge is 2.35. The van der Waals surface area contributed by atoms with Crippen LogP contribution in [0.25, 0.3) is 0 Å². The molecule has 2 amide bonds. The molecular formula is C41H68N8O6. The van der Waals surface area contributed by atoms with Crippen LogP contribution in [0.15, 0.2) is 24.8 Å². The number of aliphatic hydroxyl groups is 1. The molecule has 55 heavy (non-hydrogen) atoms. The van der Waals surface area contributed by atoms with Gasteiger partial charge in [-0.05, 0) is 103 Å². The van der Waals surface area contributed by atoms with Crippen molar-refractivity contribution in [2.75, 3.05) is 68.8 Å². The predicted octanol–water partition coefficient (Wildman–Crippen LogP) is 6.15. The quantitative estimate of drug-likeness (QED) is 0.329. The normalized spacial score (nSPS) is 18.7. The number of amides is 2. The maximum Gasteiger partial charge on any atom is 0.410 e. The van der Waals surface area contributed by atoms with Crippen LogP contribution in [0.3, 0.4) is 0 Å². The molecule has 0 aromatic carbocycles. The molecule has 0 bridgehead atoms. The van der Waals surface area contributed by atoms with Gasteiger partial charge in [0.2, 0.25) is 11.9 Å². The second kappa shape index (κ2) is 20.4. The first kappa shape index (κ1) is 43.9. The summed E-state index contributed by atoms with van der Waals surface area (Å²) in [6, 6.07) is 0. The Kier molecular flexibility index (Phi) is 16.3. The molecule has 14 nitrogen and oxygen atoms in total. The number of piperidine rings is 2. The fourth-order valence-electron chi connectivity index (χ4n) is 6.45. The molecule has 0 spiro atoms. The van der Waals surface area contributed by atoms with E-state index in [1.807, 2.05) is 66.3 Å². The van der Waals surface area contributed by atoms with Crippen molar-refractivity contribution >= 4 is 24.1 Å². The molecule has 2 aromatic heterocycles. The lowest BCUT2D eigenvalue weighted by atomic mass is 9.95. The first-order chi connectivity index (χ1) is 26.0. The standard InChI is InChI=1S/C20H32N4O3.C13H21N3.C8H15NO3/c1-5-15-10-21-18(22-11-15)23-8-6-16(7-9-23)14-26-17-12-24(13-17)19(25)27-20(2,3)4;1-3-11-5-7-16(8-6-11)13-14-9-12(4-2)10-15-13;1-8(2,3)12-7(11)9-4-6(10)5-9/h10-11,16-17H,5-9,12-14H2,1-4H3;9-11H,3-8H2,1-2H3;6,10H,4-5H2,1-3H3. The first-order valence-electron chi connectivity index (χ1n) is 20.4. The Morgan fingerprint density at radius 1 is 0.655 bits per heavy atom. The van der Waals surface area contributed by atoms with E-state index >= 15 is 0 Å². The zero-order chi connectivity index (χ0) is 40.2. The zero-order valence-electron chi connectivity index (χ0n) is 35.0. The van der Waals surface area contributed by atoms with Crippen molar-refractivity contribution < 1.29 is 28.9 Å². The number of nitrogens with zero attached hydrogens (tertiary/aromatic N) is 8. The van der Waals surface area contributed by atoms with Gasteiger partial charge < -0.3 is 38.9 Å². The van der Waals surface area contributed by atoms with Gasteiger partial charge >= 0.3 is 12.2 Å². The fraction of sp³-hybridized carbons (Fsp3) is 0.756. The number of aromatic nitrogens is 4. The first-order valence-corrected chi connectivity index (χ1v) is 20.4. The summed E-state index contributed by atoms with van der Waals surface area (Å²) in [5.41, 5.74) is 1.49. The van der Waals surface area contributed by atoms with Crippen molar-refractivity contribution in [3.8, 4) is 0 Å². The Balaban J connectivity index is 0.000000203. The third kappa shape index (κ3) is 14.7. The Morgan fingerprint density at radius 2 is 1.04 bits per heavy atom. The SMILES string of the molecule is CC(C)(C)OC(=O)N1CC(O)C1.CCc1cnc(N2CCC(CC)CC2)nc1.CCc1cnc(N2CCC(COC3CN(C(=O)OC(C)(C)C)C3)CC2)nc1. The summed E-state index contributed by atoms with van der Waals surface area (Å²) in [6.07, 6.45) is 15.0. The number of hydrogen-bond acceptors (Lipinski definition) is 12. The lowest BCUT2D eigenvalue weighted by molar-refractivity contribution is -0.0728. The van der Waals surface area contributed by atoms with Crippen LogP contribution in [0, 0.1) is 11.8 Å². The van der Waals surface area contributed by atoms with Crippen LogP contribution in [0.1, 0.15) is 106 Å². The average Bonchev–Trinajstić information content (AvgIpc) is 3.12. The number of anilines is 2. The molecule has 1 N–H and O–H groups in total. The maximum absolute atomic E-state index is 11.9. The molecule has 0 saturated carbocycles. The number of rotatable bonds is 8. The Bertz CT molecular complexity index is 1440. The van der Waals surface area contributed by atoms with Crippen molar-refractivity contribution in [1.29, 1.82) is 0 Å². The molecule has 14 heteroatoms. The van der Waals surface area contributed by atoms with Gasteiger partial charge in [-0.3, -0.25) is 0 Å². The van der Waals surface area contributed by atoms with E-state index in [0.717, 1.165) is 76.3 Å². The van der Waals surface area contributed by atoms with Gasteiger partial charge in [0.25, 0.3) is 0 Å². The summed E-state index contributed by atoms with van der Waals surface area (Å²) in [4.78, 5) is 48.7. The highest BCUT2D eigenvalue weighted by atomic mass is 16.6. The molecule has 4 aliphatic heterocycles. The maximum atomic E-state index is 11.9. The number of aryl methyl sites for hydroxylation is 2. The highest BCUT2D eigenvalue weighted by molar-refractivity contribution is 5.69. The van der Waals surface area contributed by atoms with E-state index in [4.69, 9.17) is 19.3 Å². The molecule has 308 valence electrons. The van der Waals surface area contributed by atoms with Gasteiger partial charge in [0, 0.05) is 51.0 Å². The Hall–Kier alpha value is -3.78. The van der Waals surface area contributed by atoms with Gasteiger partial charge in [-0.25, -0.2) is 29.5 Å². The summed E-state index contributed by atoms with van der Waals surface area (Å²) in [5, 5.41) is 8.92. The minimum absolute atomic E-state index is 0.139. The number of likely N-dealkylation sites (tertiary alicyclic amines) is 2. The van der Waals surface area contributed by atoms with Crippen LogP contribution in [-0.2, 0) is 27.1 Å². The van der Waals surface area contributed by atoms with Crippen LogP contribution < -0.4 is 9.80 Å². The molecule has 2 aromatic rings. The summed E-state index contributed by atoms with van der Waals surface area (Å²) in [7, 11) is 0. The molecule has 4 fully saturated rings. The van der Waals surface area contributed by atoms with Crippen molar-refractivity contribution in [2.45, 2.75) is 131 Å². The van der Waals surface area contributed by atoms with E-state index in [1.54, 1.807) is 4.90 Å². The number of carbonyl (C=O) groups excluding carboxylic acids is 2. The van der Waals surface area contributed by atoms with Gasteiger partial charge in [-0.1, -0.05) is 27.2 Å². The molecule has 6 rings (SSSR count). The van der Waals surface area contributed by atoms with Gasteiger partial charge in [0.15, 0.2) is 0 Å². The lowest BCUT2D eigenvalue weighted by Crippen LogP contribution is -2.56. The van der Waals surface area contributed by atoms with Gasteiger partial charge in [0.05, 0.1) is 45.0 Å². The fourth-order valence-corrected chi connectivity index (χ4v) is 6.45. The lowest BCUT2D eigenvalue weighted by Gasteiger charge is -2.40. The number of aliphatic hydroxyl groups excluding tert-OH is 1. The van der Waals surface area contributed by atoms with E-state index in [9.17, 15) is 9.59 Å². The Morgan fingerprint density at radius 3 is 1.38 bits per heavy atom. The second-order valence-electron chi connectivity index (χ2n) is 17.1. The third-order valence-electron chi connectivity index (χ3n) is 10.2. The second-order valence-corrected chi connectivity index (χ2v) is 17.1. The molecule has 4 aliphatic rings. The number of carbonyl (C=O) groups is 2. The molecule has 0 atom stereocenters. The molecule has 0 unspecified atom stereocenters. The van der Waals surface area contributed by atoms with E-state index in [-0.39, 0.29) is 24.4 Å². The largest absolute Gasteiger partial charge is 0.444 e. The van der Waals surface area contributed by atoms with Crippen LogP contribution in [0.2, 0.25) is 0 Å². The number of ether oxygens (including phenoxy) is 3. The summed E-state index contributed by atoms with van der Waals surface area (Å²) < 4.78 is 16.4. The third-order valence-corrected chi connectivity index (χ3v) is 10.2. The highest BCUT2D eigenvalue weighted by Crippen LogP contribution is 2.24. The van der Waals surface area contributed by atoms with E-state index in [0.29, 0.717) is 32.1 Å². The molecule has 0 radical (unpaired) electrons. The van der Waals surface area contributed by atoms with Crippen molar-refractivity contribution in [2.24, 2.45) is 11.8 Å². The summed E-state index contributed by atoms with van der Waals surface area (Å²) >= 11 is 0. The smallest absolute Gasteiger partial charge is 0.410 e. The predicted molar refractivity (Wildman–Crippen MR) is 214 cm³/mol. The molecule has 4 saturated heterocycles. The molecule has 0 aliphatic carbocycles. The van der Waals surface area contributed by atoms with Gasteiger partial charge in [-0.15, -0.1) is 0 Å². The molecular weight excluding hydrogens is 701 g/mol. The van der Waals surface area contributed by atoms with Crippen molar-refractivity contribution in [3.63, 3.8) is 0 Å². The number of β-amino-alcohol motifs (C(OH)–C–C–N with tert-alkyl or cyclic N) is 1. The van der Waals surface area contributed by atoms with Crippen molar-refractivity contribution in [1.82, 2.24) is 29.7 Å². The van der Waals surface area contributed by atoms with Gasteiger partial charge in [-0.2, -0.15) is 0 Å². The number of hydrogen-bond donors (Lipinski definition) is 1. The van der Waals surface area contributed by atoms with Gasteiger partial charge in [0.1, 0.15) is 11.2 Å². The summed E-state index contributed by atoms with van der Waals surface area (Å²) in [6.45, 7) is 24.6. The van der Waals surface area contributed by atoms with E-state index in [2.05, 4.69) is 50.5 Å². The van der Waals surface area contributed by atoms with E-state index in [1.165, 1.54) is 35.3 Å². The van der Waals surface area contributed by atoms with Crippen LogP contribution in [0.5, 0.6) is 0 Å². The Labute approximate surface area is 329 Å². The monoisotopic (exact) mass is 769 g/mol. The summed E-state index contributed by atoms with van der Waals surface area (Å²) in [5.74, 6) is 3.21. The minimum Gasteiger partial charge on any atom is -0.444 e. The van der Waals surface area contributed by atoms with Crippen molar-refractivity contribution in [3.05, 3.63) is 35.9 Å². The van der Waals surface area contributed by atoms with E-state index < -0.39 is 11.2 Å². The van der Waals surface area contributed by atoms with Crippen LogP contribution >= 0.6 is 0 Å². The van der Waals surface area contributed by atoms with Crippen LogP contribution in [0.4, 0.5) is 21.5 Å². The van der Waals surface area contributed by atoms with Crippen LogP contribution in [-0.4, -0.2) is 129 Å². The topological polar surface area (TPSA) is 147 Å². The molecule has 6 heterocycles. The minimum atomic E-state index is -0.447.